The maximum absolute atomic E-state index is 12.0. The third-order valence-corrected chi connectivity index (χ3v) is 3.72. The van der Waals surface area contributed by atoms with Crippen LogP contribution in [-0.4, -0.2) is 16.9 Å². The zero-order valence-corrected chi connectivity index (χ0v) is 12.8. The first-order valence-corrected chi connectivity index (χ1v) is 7.37. The van der Waals surface area contributed by atoms with Crippen LogP contribution in [0.4, 0.5) is 0 Å². The highest BCUT2D eigenvalue weighted by Gasteiger charge is 2.11. The van der Waals surface area contributed by atoms with Gasteiger partial charge in [-0.1, -0.05) is 24.3 Å². The summed E-state index contributed by atoms with van der Waals surface area (Å²) in [6.45, 7) is 1.84. The Labute approximate surface area is 131 Å². The summed E-state index contributed by atoms with van der Waals surface area (Å²) < 4.78 is 0. The van der Waals surface area contributed by atoms with E-state index in [2.05, 4.69) is 16.2 Å². The Morgan fingerprint density at radius 2 is 1.81 bits per heavy atom. The number of hydrogen-bond acceptors (Lipinski definition) is 4. The van der Waals surface area contributed by atoms with Gasteiger partial charge in [-0.15, -0.1) is 11.3 Å². The normalized spacial score (nSPS) is 9.76. The van der Waals surface area contributed by atoms with E-state index < -0.39 is 0 Å². The van der Waals surface area contributed by atoms with E-state index in [0.29, 0.717) is 10.4 Å². The molecule has 5 nitrogen and oxygen atoms in total. The third kappa shape index (κ3) is 4.11. The number of rotatable bonds is 2. The molecule has 2 amide bonds. The van der Waals surface area contributed by atoms with Crippen LogP contribution in [0.25, 0.3) is 0 Å². The van der Waals surface area contributed by atoms with Gasteiger partial charge in [-0.05, 0) is 42.2 Å². The van der Waals surface area contributed by atoms with Crippen LogP contribution in [0, 0.1) is 6.92 Å². The van der Waals surface area contributed by atoms with E-state index in [9.17, 15) is 9.59 Å². The van der Waals surface area contributed by atoms with Crippen LogP contribution in [-0.2, 0) is 0 Å². The van der Waals surface area contributed by atoms with Gasteiger partial charge in [-0.25, -0.2) is 0 Å². The second-order valence-corrected chi connectivity index (χ2v) is 5.51. The molecule has 1 heterocycles. The van der Waals surface area contributed by atoms with Gasteiger partial charge in [0.05, 0.1) is 4.88 Å². The van der Waals surface area contributed by atoms with E-state index in [1.807, 2.05) is 19.1 Å². The standard InChI is InChI=1S/C14H13N3O2S2/c1-9-5-2-3-6-10(9)12(18)15-14(20)17-16-13(19)11-7-4-8-21-11/h2-8H,1H3,(H,16,19)(H2,15,17,18,20). The molecular weight excluding hydrogens is 306 g/mol. The lowest BCUT2D eigenvalue weighted by molar-refractivity contribution is 0.0937. The largest absolute Gasteiger partial charge is 0.298 e. The summed E-state index contributed by atoms with van der Waals surface area (Å²) in [7, 11) is 0. The second kappa shape index (κ2) is 6.96. The number of hydrogen-bond donors (Lipinski definition) is 3. The topological polar surface area (TPSA) is 70.2 Å². The van der Waals surface area contributed by atoms with Gasteiger partial charge in [0.15, 0.2) is 5.11 Å². The van der Waals surface area contributed by atoms with Crippen molar-refractivity contribution in [3.63, 3.8) is 0 Å². The molecule has 0 fully saturated rings. The van der Waals surface area contributed by atoms with E-state index in [4.69, 9.17) is 12.2 Å². The van der Waals surface area contributed by atoms with Crippen LogP contribution in [0.5, 0.6) is 0 Å². The maximum Gasteiger partial charge on any atom is 0.279 e. The summed E-state index contributed by atoms with van der Waals surface area (Å²) in [5.41, 5.74) is 6.30. The fraction of sp³-hybridized carbons (Fsp3) is 0.0714. The van der Waals surface area contributed by atoms with Gasteiger partial charge >= 0.3 is 0 Å². The van der Waals surface area contributed by atoms with Gasteiger partial charge < -0.3 is 0 Å². The number of aryl methyl sites for hydroxylation is 1. The zero-order chi connectivity index (χ0) is 15.2. The molecular formula is C14H13N3O2S2. The fourth-order valence-electron chi connectivity index (χ4n) is 1.61. The van der Waals surface area contributed by atoms with Crippen molar-refractivity contribution in [3.8, 4) is 0 Å². The van der Waals surface area contributed by atoms with Crippen molar-refractivity contribution >= 4 is 40.5 Å². The average Bonchev–Trinajstić information content (AvgIpc) is 2.99. The molecule has 0 aliphatic heterocycles. The van der Waals surface area contributed by atoms with Gasteiger partial charge in [-0.3, -0.25) is 25.8 Å². The molecule has 0 bridgehead atoms. The smallest absolute Gasteiger partial charge is 0.279 e. The third-order valence-electron chi connectivity index (χ3n) is 2.65. The van der Waals surface area contributed by atoms with Crippen LogP contribution in [0.2, 0.25) is 0 Å². The Balaban J connectivity index is 1.86. The van der Waals surface area contributed by atoms with Crippen molar-refractivity contribution in [2.24, 2.45) is 0 Å². The van der Waals surface area contributed by atoms with Crippen molar-refractivity contribution in [1.29, 1.82) is 0 Å². The van der Waals surface area contributed by atoms with Crippen molar-refractivity contribution < 1.29 is 9.59 Å². The number of hydrazine groups is 1. The number of carbonyl (C=O) groups is 2. The molecule has 7 heteroatoms. The van der Waals surface area contributed by atoms with E-state index in [-0.39, 0.29) is 16.9 Å². The van der Waals surface area contributed by atoms with E-state index in [0.717, 1.165) is 5.56 Å². The minimum absolute atomic E-state index is 0.0353. The lowest BCUT2D eigenvalue weighted by Crippen LogP contribution is -2.48. The molecule has 2 rings (SSSR count). The van der Waals surface area contributed by atoms with Crippen LogP contribution in [0.1, 0.15) is 25.6 Å². The summed E-state index contributed by atoms with van der Waals surface area (Å²) in [5, 5.41) is 4.34. The first kappa shape index (κ1) is 15.1. The molecule has 108 valence electrons. The number of carbonyl (C=O) groups excluding carboxylic acids is 2. The average molecular weight is 319 g/mol. The molecule has 3 N–H and O–H groups in total. The van der Waals surface area contributed by atoms with Crippen molar-refractivity contribution in [2.45, 2.75) is 6.92 Å². The number of thiophene rings is 1. The van der Waals surface area contributed by atoms with E-state index >= 15 is 0 Å². The van der Waals surface area contributed by atoms with Crippen LogP contribution in [0.3, 0.4) is 0 Å². The molecule has 0 saturated heterocycles. The Kier molecular flexibility index (Phi) is 5.02. The van der Waals surface area contributed by atoms with Crippen LogP contribution in [0.15, 0.2) is 41.8 Å². The van der Waals surface area contributed by atoms with Gasteiger partial charge in [0.25, 0.3) is 11.8 Å². The molecule has 1 aromatic carbocycles. The van der Waals surface area contributed by atoms with Crippen molar-refractivity contribution in [2.75, 3.05) is 0 Å². The van der Waals surface area contributed by atoms with Gasteiger partial charge in [0.2, 0.25) is 0 Å². The van der Waals surface area contributed by atoms with Crippen LogP contribution >= 0.6 is 23.6 Å². The SMILES string of the molecule is Cc1ccccc1C(=O)NC(=S)NNC(=O)c1cccs1. The minimum Gasteiger partial charge on any atom is -0.298 e. The molecule has 0 radical (unpaired) electrons. The van der Waals surface area contributed by atoms with Crippen LogP contribution < -0.4 is 16.2 Å². The Bertz CT molecular complexity index is 669. The van der Waals surface area contributed by atoms with Crippen molar-refractivity contribution in [3.05, 3.63) is 57.8 Å². The highest BCUT2D eigenvalue weighted by molar-refractivity contribution is 7.80. The number of nitrogens with one attached hydrogen (secondary N) is 3. The molecule has 0 aliphatic rings. The number of benzene rings is 1. The quantitative estimate of drug-likeness (QED) is 0.585. The number of amides is 2. The fourth-order valence-corrected chi connectivity index (χ4v) is 2.37. The summed E-state index contributed by atoms with van der Waals surface area (Å²) in [6, 6.07) is 10.6. The number of thiocarbonyl (C=S) groups is 1. The highest BCUT2D eigenvalue weighted by atomic mass is 32.1. The second-order valence-electron chi connectivity index (χ2n) is 4.15. The van der Waals surface area contributed by atoms with Gasteiger partial charge in [0, 0.05) is 5.56 Å². The Hall–Kier alpha value is -2.25. The van der Waals surface area contributed by atoms with E-state index in [1.54, 1.807) is 29.6 Å². The van der Waals surface area contributed by atoms with E-state index in [1.165, 1.54) is 11.3 Å². The molecule has 0 unspecified atom stereocenters. The lowest BCUT2D eigenvalue weighted by atomic mass is 10.1. The zero-order valence-electron chi connectivity index (χ0n) is 11.2. The molecule has 1 aromatic heterocycles. The summed E-state index contributed by atoms with van der Waals surface area (Å²) >= 11 is 6.28. The summed E-state index contributed by atoms with van der Waals surface area (Å²) in [5.74, 6) is -0.631. The Morgan fingerprint density at radius 3 is 2.48 bits per heavy atom. The molecule has 21 heavy (non-hydrogen) atoms. The minimum atomic E-state index is -0.323. The first-order chi connectivity index (χ1) is 10.1. The van der Waals surface area contributed by atoms with Gasteiger partial charge in [-0.2, -0.15) is 0 Å². The Morgan fingerprint density at radius 1 is 1.05 bits per heavy atom. The molecule has 2 aromatic rings. The van der Waals surface area contributed by atoms with Crippen molar-refractivity contribution in [1.82, 2.24) is 16.2 Å². The predicted octanol–water partition coefficient (Wildman–Crippen LogP) is 2.01. The maximum atomic E-state index is 12.0. The summed E-state index contributed by atoms with van der Waals surface area (Å²) in [4.78, 5) is 24.2. The lowest BCUT2D eigenvalue weighted by Gasteiger charge is -2.11. The summed E-state index contributed by atoms with van der Waals surface area (Å²) in [6.07, 6.45) is 0. The molecule has 0 spiro atoms. The first-order valence-electron chi connectivity index (χ1n) is 6.08. The molecule has 0 atom stereocenters. The predicted molar refractivity (Wildman–Crippen MR) is 86.2 cm³/mol. The molecule has 0 saturated carbocycles. The molecule has 0 aliphatic carbocycles. The van der Waals surface area contributed by atoms with Gasteiger partial charge in [0.1, 0.15) is 0 Å². The monoisotopic (exact) mass is 319 g/mol. The highest BCUT2D eigenvalue weighted by Crippen LogP contribution is 2.07.